The van der Waals surface area contributed by atoms with E-state index in [2.05, 4.69) is 26.2 Å². The van der Waals surface area contributed by atoms with Gasteiger partial charge >= 0.3 is 0 Å². The summed E-state index contributed by atoms with van der Waals surface area (Å²) in [6, 6.07) is 5.46. The molecule has 2 rings (SSSR count). The van der Waals surface area contributed by atoms with Crippen molar-refractivity contribution in [2.75, 3.05) is 5.32 Å². The number of anilines is 1. The zero-order valence-corrected chi connectivity index (χ0v) is 12.8. The van der Waals surface area contributed by atoms with Gasteiger partial charge in [0, 0.05) is 16.8 Å². The number of aryl methyl sites for hydroxylation is 1. The van der Waals surface area contributed by atoms with Crippen LogP contribution >= 0.6 is 27.3 Å². The second-order valence-corrected chi connectivity index (χ2v) is 5.64. The minimum atomic E-state index is -0.250. The Morgan fingerprint density at radius 3 is 2.74 bits per heavy atom. The topological polar surface area (TPSA) is 59.1 Å². The lowest BCUT2D eigenvalue weighted by Gasteiger charge is -2.06. The first-order valence-corrected chi connectivity index (χ1v) is 7.19. The van der Waals surface area contributed by atoms with E-state index in [4.69, 9.17) is 0 Å². The first-order chi connectivity index (χ1) is 8.99. The number of aromatic nitrogens is 1. The first-order valence-electron chi connectivity index (χ1n) is 5.52. The molecule has 19 heavy (non-hydrogen) atoms. The molecule has 0 spiro atoms. The van der Waals surface area contributed by atoms with Gasteiger partial charge in [0.05, 0.1) is 5.56 Å². The number of nitrogens with one attached hydrogen (secondary N) is 1. The van der Waals surface area contributed by atoms with Crippen LogP contribution in [-0.2, 0) is 0 Å². The molecule has 0 aliphatic carbocycles. The fourth-order valence-corrected chi connectivity index (χ4v) is 2.67. The van der Waals surface area contributed by atoms with E-state index in [9.17, 15) is 9.59 Å². The Morgan fingerprint density at radius 1 is 1.37 bits per heavy atom. The molecular weight excluding hydrogens is 328 g/mol. The molecule has 1 amide bonds. The van der Waals surface area contributed by atoms with E-state index in [1.165, 1.54) is 18.3 Å². The Labute approximate surface area is 123 Å². The van der Waals surface area contributed by atoms with Gasteiger partial charge in [-0.15, -0.1) is 11.3 Å². The molecule has 1 heterocycles. The van der Waals surface area contributed by atoms with Crippen molar-refractivity contribution in [3.63, 3.8) is 0 Å². The average Bonchev–Trinajstić information content (AvgIpc) is 2.81. The van der Waals surface area contributed by atoms with E-state index in [0.717, 1.165) is 10.0 Å². The second kappa shape index (κ2) is 5.63. The van der Waals surface area contributed by atoms with Crippen LogP contribution in [0.4, 0.5) is 5.13 Å². The van der Waals surface area contributed by atoms with Crippen molar-refractivity contribution in [1.29, 1.82) is 0 Å². The summed E-state index contributed by atoms with van der Waals surface area (Å²) in [6.45, 7) is 3.36. The predicted octanol–water partition coefficient (Wildman–Crippen LogP) is 3.67. The summed E-state index contributed by atoms with van der Waals surface area (Å²) in [6.07, 6.45) is 0. The molecule has 1 N–H and O–H groups in total. The van der Waals surface area contributed by atoms with Gasteiger partial charge in [-0.05, 0) is 34.5 Å². The molecule has 0 fully saturated rings. The van der Waals surface area contributed by atoms with Gasteiger partial charge in [0.15, 0.2) is 10.9 Å². The lowest BCUT2D eigenvalue weighted by atomic mass is 10.1. The molecule has 1 aromatic carbocycles. The summed E-state index contributed by atoms with van der Waals surface area (Å²) in [5.41, 5.74) is 1.89. The highest BCUT2D eigenvalue weighted by molar-refractivity contribution is 9.10. The fourth-order valence-electron chi connectivity index (χ4n) is 1.48. The molecule has 6 heteroatoms. The molecule has 0 radical (unpaired) electrons. The molecule has 0 saturated carbocycles. The van der Waals surface area contributed by atoms with Crippen LogP contribution in [0, 0.1) is 6.92 Å². The second-order valence-electron chi connectivity index (χ2n) is 3.98. The molecule has 4 nitrogen and oxygen atoms in total. The van der Waals surface area contributed by atoms with Crippen LogP contribution in [0.3, 0.4) is 0 Å². The van der Waals surface area contributed by atoms with Crippen molar-refractivity contribution in [3.05, 3.63) is 44.9 Å². The third-order valence-electron chi connectivity index (χ3n) is 2.52. The van der Waals surface area contributed by atoms with Gasteiger partial charge in [-0.3, -0.25) is 14.9 Å². The zero-order valence-electron chi connectivity index (χ0n) is 10.4. The summed E-state index contributed by atoms with van der Waals surface area (Å²) < 4.78 is 0.760. The summed E-state index contributed by atoms with van der Waals surface area (Å²) in [7, 11) is 0. The van der Waals surface area contributed by atoms with Gasteiger partial charge in [0.2, 0.25) is 0 Å². The molecular formula is C13H11BrN2O2S. The van der Waals surface area contributed by atoms with Crippen LogP contribution in [0.2, 0.25) is 0 Å². The molecule has 0 unspecified atom stereocenters. The number of carbonyl (C=O) groups excluding carboxylic acids is 2. The van der Waals surface area contributed by atoms with Crippen LogP contribution in [-0.4, -0.2) is 16.7 Å². The highest BCUT2D eigenvalue weighted by Gasteiger charge is 2.14. The Balaban J connectivity index is 2.21. The highest BCUT2D eigenvalue weighted by atomic mass is 79.9. The van der Waals surface area contributed by atoms with Gasteiger partial charge in [-0.2, -0.15) is 0 Å². The Kier molecular flexibility index (Phi) is 4.11. The smallest absolute Gasteiger partial charge is 0.258 e. The summed E-state index contributed by atoms with van der Waals surface area (Å²) >= 11 is 4.62. The maximum absolute atomic E-state index is 12.1. The van der Waals surface area contributed by atoms with Crippen molar-refractivity contribution >= 4 is 44.1 Å². The fraction of sp³-hybridized carbons (Fsp3) is 0.154. The van der Waals surface area contributed by atoms with E-state index < -0.39 is 0 Å². The van der Waals surface area contributed by atoms with Gasteiger partial charge < -0.3 is 0 Å². The van der Waals surface area contributed by atoms with Crippen molar-refractivity contribution in [2.45, 2.75) is 13.8 Å². The number of nitrogens with zero attached hydrogens (tertiary/aromatic N) is 1. The Hall–Kier alpha value is -1.53. The number of hydrogen-bond acceptors (Lipinski definition) is 4. The van der Waals surface area contributed by atoms with E-state index in [-0.39, 0.29) is 11.7 Å². The zero-order chi connectivity index (χ0) is 14.0. The van der Waals surface area contributed by atoms with E-state index in [1.807, 2.05) is 19.1 Å². The Bertz CT molecular complexity index is 652. The van der Waals surface area contributed by atoms with Crippen molar-refractivity contribution in [2.24, 2.45) is 0 Å². The van der Waals surface area contributed by atoms with Gasteiger partial charge in [-0.25, -0.2) is 4.98 Å². The maximum atomic E-state index is 12.1. The number of thiazole rings is 1. The molecule has 0 aliphatic rings. The van der Waals surface area contributed by atoms with Gasteiger partial charge in [-0.1, -0.05) is 12.1 Å². The van der Waals surface area contributed by atoms with E-state index >= 15 is 0 Å². The van der Waals surface area contributed by atoms with E-state index in [0.29, 0.717) is 16.4 Å². The van der Waals surface area contributed by atoms with Crippen LogP contribution in [0.25, 0.3) is 0 Å². The largest absolute Gasteiger partial charge is 0.298 e. The maximum Gasteiger partial charge on any atom is 0.258 e. The van der Waals surface area contributed by atoms with Gasteiger partial charge in [0.25, 0.3) is 5.91 Å². The van der Waals surface area contributed by atoms with Crippen molar-refractivity contribution < 1.29 is 9.59 Å². The standard InChI is InChI=1S/C13H11BrN2O2S/c1-7-4-3-5-9(11(7)14)12(18)16-13-15-10(6-19-13)8(2)17/h3-6H,1-2H3,(H,15,16,18). The number of carbonyl (C=O) groups is 2. The predicted molar refractivity (Wildman–Crippen MR) is 79.0 cm³/mol. The van der Waals surface area contributed by atoms with Crippen molar-refractivity contribution in [1.82, 2.24) is 4.98 Å². The molecule has 0 aliphatic heterocycles. The van der Waals surface area contributed by atoms with Crippen LogP contribution in [0.5, 0.6) is 0 Å². The molecule has 0 saturated heterocycles. The molecule has 98 valence electrons. The summed E-state index contributed by atoms with van der Waals surface area (Å²) in [5, 5.41) is 4.74. The number of amides is 1. The lowest BCUT2D eigenvalue weighted by Crippen LogP contribution is -2.13. The van der Waals surface area contributed by atoms with Crippen molar-refractivity contribution in [3.8, 4) is 0 Å². The SMILES string of the molecule is CC(=O)c1csc(NC(=O)c2cccc(C)c2Br)n1. The highest BCUT2D eigenvalue weighted by Crippen LogP contribution is 2.23. The van der Waals surface area contributed by atoms with Crippen LogP contribution < -0.4 is 5.32 Å². The van der Waals surface area contributed by atoms with Crippen LogP contribution in [0.15, 0.2) is 28.1 Å². The normalized spacial score (nSPS) is 10.3. The number of rotatable bonds is 3. The lowest BCUT2D eigenvalue weighted by molar-refractivity contribution is 0.100. The number of halogens is 1. The Morgan fingerprint density at radius 2 is 2.11 bits per heavy atom. The monoisotopic (exact) mass is 338 g/mol. The minimum Gasteiger partial charge on any atom is -0.298 e. The quantitative estimate of drug-likeness (QED) is 0.868. The first kappa shape index (κ1) is 13.9. The third-order valence-corrected chi connectivity index (χ3v) is 4.33. The molecule has 0 atom stereocenters. The third kappa shape index (κ3) is 3.08. The van der Waals surface area contributed by atoms with Gasteiger partial charge in [0.1, 0.15) is 5.69 Å². The molecule has 1 aromatic heterocycles. The van der Waals surface area contributed by atoms with Crippen LogP contribution in [0.1, 0.15) is 33.3 Å². The minimum absolute atomic E-state index is 0.117. The van der Waals surface area contributed by atoms with E-state index in [1.54, 1.807) is 11.4 Å². The summed E-state index contributed by atoms with van der Waals surface area (Å²) in [5.74, 6) is -0.367. The number of benzene rings is 1. The number of ketones is 1. The number of hydrogen-bond donors (Lipinski definition) is 1. The molecule has 0 bridgehead atoms. The number of Topliss-reactive ketones (excluding diaryl/α,β-unsaturated/α-hetero) is 1. The molecule has 2 aromatic rings. The average molecular weight is 339 g/mol. The summed E-state index contributed by atoms with van der Waals surface area (Å²) in [4.78, 5) is 27.3.